The minimum atomic E-state index is -0.925. The van der Waals surface area contributed by atoms with Crippen molar-refractivity contribution in [3.8, 4) is 0 Å². The van der Waals surface area contributed by atoms with Crippen molar-refractivity contribution in [1.82, 2.24) is 0 Å². The Balaban J connectivity index is 2.49. The van der Waals surface area contributed by atoms with Crippen molar-refractivity contribution < 1.29 is 9.90 Å². The minimum absolute atomic E-state index is 0.270. The van der Waals surface area contributed by atoms with Crippen LogP contribution in [0.5, 0.6) is 0 Å². The Morgan fingerprint density at radius 1 is 1.30 bits per heavy atom. The van der Waals surface area contributed by atoms with Gasteiger partial charge in [-0.1, -0.05) is 31.9 Å². The quantitative estimate of drug-likeness (QED) is 0.658. The Morgan fingerprint density at radius 2 is 1.70 bits per heavy atom. The molecule has 10 heavy (non-hydrogen) atoms. The van der Waals surface area contributed by atoms with Gasteiger partial charge >= 0.3 is 0 Å². The lowest BCUT2D eigenvalue weighted by Crippen LogP contribution is -2.29. The van der Waals surface area contributed by atoms with Crippen LogP contribution in [-0.4, -0.2) is 15.6 Å². The number of alkyl halides is 2. The second-order valence-electron chi connectivity index (χ2n) is 2.52. The number of carbonyl (C=O) groups excluding carboxylic acids is 1. The summed E-state index contributed by atoms with van der Waals surface area (Å²) in [6, 6.07) is 0. The van der Waals surface area contributed by atoms with Gasteiger partial charge in [-0.25, -0.2) is 0 Å². The topological polar surface area (TPSA) is 40.1 Å². The highest BCUT2D eigenvalue weighted by Crippen LogP contribution is 2.35. The Bertz CT molecular complexity index is 139. The molecule has 0 spiro atoms. The molecule has 58 valence electrons. The second kappa shape index (κ2) is 3.22. The molecule has 2 nitrogen and oxygen atoms in total. The lowest BCUT2D eigenvalue weighted by molar-refractivity contribution is -0.311. The Kier molecular flexibility index (Phi) is 2.74. The first-order valence-corrected chi connectivity index (χ1v) is 4.93. The summed E-state index contributed by atoms with van der Waals surface area (Å²) < 4.78 is 0. The Morgan fingerprint density at radius 3 is 1.90 bits per heavy atom. The Labute approximate surface area is 76.2 Å². The maximum absolute atomic E-state index is 10.3. The van der Waals surface area contributed by atoms with E-state index in [-0.39, 0.29) is 15.6 Å². The van der Waals surface area contributed by atoms with Crippen LogP contribution in [0.1, 0.15) is 12.8 Å². The molecule has 1 aliphatic rings. The highest BCUT2D eigenvalue weighted by molar-refractivity contribution is 9.12. The predicted octanol–water partition coefficient (Wildman–Crippen LogP) is 0.673. The zero-order valence-corrected chi connectivity index (χ0v) is 8.39. The SMILES string of the molecule is O=C([O-])C1CC(Br)C(Br)C1. The number of carboxylic acids is 1. The fraction of sp³-hybridized carbons (Fsp3) is 0.833. The maximum Gasteiger partial charge on any atom is 0.0446 e. The van der Waals surface area contributed by atoms with E-state index < -0.39 is 5.97 Å². The number of hydrogen-bond acceptors (Lipinski definition) is 2. The molecule has 1 saturated carbocycles. The van der Waals surface area contributed by atoms with Gasteiger partial charge in [0.2, 0.25) is 0 Å². The highest BCUT2D eigenvalue weighted by atomic mass is 79.9. The van der Waals surface area contributed by atoms with Crippen molar-refractivity contribution in [3.63, 3.8) is 0 Å². The summed E-state index contributed by atoms with van der Waals surface area (Å²) in [4.78, 5) is 10.9. The fourth-order valence-electron chi connectivity index (χ4n) is 1.13. The first-order chi connectivity index (χ1) is 4.61. The van der Waals surface area contributed by atoms with Crippen LogP contribution in [0.25, 0.3) is 0 Å². The molecule has 0 N–H and O–H groups in total. The van der Waals surface area contributed by atoms with Crippen LogP contribution < -0.4 is 5.11 Å². The van der Waals surface area contributed by atoms with Gasteiger partial charge in [-0.15, -0.1) is 0 Å². The first-order valence-electron chi connectivity index (χ1n) is 3.10. The third-order valence-corrected chi connectivity index (χ3v) is 4.48. The number of carbonyl (C=O) groups is 1. The van der Waals surface area contributed by atoms with E-state index in [1.807, 2.05) is 0 Å². The van der Waals surface area contributed by atoms with Crippen LogP contribution in [0, 0.1) is 5.92 Å². The van der Waals surface area contributed by atoms with Crippen LogP contribution in [0.2, 0.25) is 0 Å². The van der Waals surface area contributed by atoms with Gasteiger partial charge in [0.1, 0.15) is 0 Å². The van der Waals surface area contributed by atoms with Gasteiger partial charge in [0.05, 0.1) is 0 Å². The average Bonchev–Trinajstić information content (AvgIpc) is 2.13. The van der Waals surface area contributed by atoms with E-state index in [2.05, 4.69) is 31.9 Å². The van der Waals surface area contributed by atoms with Crippen LogP contribution in [0.4, 0.5) is 0 Å². The van der Waals surface area contributed by atoms with Gasteiger partial charge in [-0.3, -0.25) is 0 Å². The zero-order valence-electron chi connectivity index (χ0n) is 5.22. The minimum Gasteiger partial charge on any atom is -0.550 e. The second-order valence-corrected chi connectivity index (χ2v) is 4.87. The van der Waals surface area contributed by atoms with E-state index in [4.69, 9.17) is 0 Å². The molecule has 0 radical (unpaired) electrons. The van der Waals surface area contributed by atoms with E-state index in [0.29, 0.717) is 12.8 Å². The number of carboxylic acid groups (broad SMARTS) is 1. The maximum atomic E-state index is 10.3. The van der Waals surface area contributed by atoms with Gasteiger partial charge < -0.3 is 9.90 Å². The van der Waals surface area contributed by atoms with Crippen molar-refractivity contribution >= 4 is 37.8 Å². The smallest absolute Gasteiger partial charge is 0.0446 e. The number of rotatable bonds is 1. The third kappa shape index (κ3) is 1.72. The number of hydrogen-bond donors (Lipinski definition) is 0. The van der Waals surface area contributed by atoms with E-state index in [1.54, 1.807) is 0 Å². The molecule has 0 saturated heterocycles. The summed E-state index contributed by atoms with van der Waals surface area (Å²) in [7, 11) is 0. The average molecular weight is 271 g/mol. The molecule has 1 aliphatic carbocycles. The number of halogens is 2. The van der Waals surface area contributed by atoms with Crippen LogP contribution in [-0.2, 0) is 4.79 Å². The molecular weight excluding hydrogens is 264 g/mol. The molecule has 0 bridgehead atoms. The van der Waals surface area contributed by atoms with Crippen molar-refractivity contribution in [2.24, 2.45) is 5.92 Å². The van der Waals surface area contributed by atoms with E-state index in [1.165, 1.54) is 0 Å². The van der Waals surface area contributed by atoms with Gasteiger partial charge in [0, 0.05) is 21.5 Å². The van der Waals surface area contributed by atoms with Crippen molar-refractivity contribution in [2.45, 2.75) is 22.5 Å². The summed E-state index contributed by atoms with van der Waals surface area (Å²) in [6.07, 6.45) is 1.36. The molecule has 0 amide bonds. The molecule has 2 unspecified atom stereocenters. The van der Waals surface area contributed by atoms with Crippen molar-refractivity contribution in [2.75, 3.05) is 0 Å². The molecule has 0 aromatic carbocycles. The summed E-state index contributed by atoms with van der Waals surface area (Å²) in [5.74, 6) is -1.19. The zero-order chi connectivity index (χ0) is 7.72. The van der Waals surface area contributed by atoms with Crippen LogP contribution >= 0.6 is 31.9 Å². The lowest BCUT2D eigenvalue weighted by Gasteiger charge is -2.08. The fourth-order valence-corrected chi connectivity index (χ4v) is 2.46. The predicted molar refractivity (Wildman–Crippen MR) is 43.2 cm³/mol. The molecule has 1 fully saturated rings. The van der Waals surface area contributed by atoms with Crippen LogP contribution in [0.15, 0.2) is 0 Å². The molecule has 0 aromatic heterocycles. The molecular formula is C6H7Br2O2-. The Hall–Kier alpha value is 0.430. The van der Waals surface area contributed by atoms with E-state index in [9.17, 15) is 9.90 Å². The molecule has 0 heterocycles. The molecule has 4 heteroatoms. The van der Waals surface area contributed by atoms with E-state index in [0.717, 1.165) is 0 Å². The summed E-state index contributed by atoms with van der Waals surface area (Å²) in [5, 5.41) is 10.3. The highest BCUT2D eigenvalue weighted by Gasteiger charge is 2.31. The van der Waals surface area contributed by atoms with Crippen molar-refractivity contribution in [3.05, 3.63) is 0 Å². The van der Waals surface area contributed by atoms with Crippen molar-refractivity contribution in [1.29, 1.82) is 0 Å². The van der Waals surface area contributed by atoms with Gasteiger partial charge in [-0.2, -0.15) is 0 Å². The largest absolute Gasteiger partial charge is 0.550 e. The summed E-state index contributed by atoms with van der Waals surface area (Å²) in [6.45, 7) is 0. The summed E-state index contributed by atoms with van der Waals surface area (Å²) >= 11 is 6.75. The standard InChI is InChI=1S/C6H8Br2O2/c7-4-1-3(6(9)10)2-5(4)8/h3-5H,1-2H2,(H,9,10)/p-1. The molecule has 0 aromatic rings. The van der Waals surface area contributed by atoms with E-state index >= 15 is 0 Å². The van der Waals surface area contributed by atoms with Gasteiger partial charge in [0.25, 0.3) is 0 Å². The normalized spacial score (nSPS) is 40.0. The molecule has 0 aliphatic heterocycles. The molecule has 2 atom stereocenters. The lowest BCUT2D eigenvalue weighted by atomic mass is 10.1. The monoisotopic (exact) mass is 269 g/mol. The van der Waals surface area contributed by atoms with Crippen LogP contribution in [0.3, 0.4) is 0 Å². The molecule has 1 rings (SSSR count). The van der Waals surface area contributed by atoms with Gasteiger partial charge in [0.15, 0.2) is 0 Å². The summed E-state index contributed by atoms with van der Waals surface area (Å²) in [5.41, 5.74) is 0. The third-order valence-electron chi connectivity index (χ3n) is 1.75. The first kappa shape index (κ1) is 8.53. The van der Waals surface area contributed by atoms with Gasteiger partial charge in [-0.05, 0) is 12.8 Å². The number of aliphatic carboxylic acids is 1.